The topological polar surface area (TPSA) is 56.9 Å². The highest BCUT2D eigenvalue weighted by atomic mass is 32.1. The van der Waals surface area contributed by atoms with Gasteiger partial charge in [-0.25, -0.2) is 9.37 Å². The van der Waals surface area contributed by atoms with E-state index in [-0.39, 0.29) is 17.7 Å². The van der Waals surface area contributed by atoms with Crippen molar-refractivity contribution in [1.29, 1.82) is 0 Å². The fraction of sp³-hybridized carbons (Fsp3) is 0.273. The Morgan fingerprint density at radius 1 is 1.00 bits per heavy atom. The summed E-state index contributed by atoms with van der Waals surface area (Å²) in [4.78, 5) is 10.4. The lowest BCUT2D eigenvalue weighted by atomic mass is 10.0. The summed E-state index contributed by atoms with van der Waals surface area (Å²) in [5, 5.41) is 15.2. The Hall–Kier alpha value is -2.97. The van der Waals surface area contributed by atoms with Gasteiger partial charge in [-0.15, -0.1) is 5.10 Å². The molecule has 0 aliphatic carbocycles. The molecule has 1 saturated heterocycles. The molecule has 8 heteroatoms. The van der Waals surface area contributed by atoms with Gasteiger partial charge in [-0.05, 0) is 24.6 Å². The van der Waals surface area contributed by atoms with Crippen LogP contribution in [0.2, 0.25) is 0 Å². The van der Waals surface area contributed by atoms with Crippen LogP contribution in [0.1, 0.15) is 22.3 Å². The Balaban J connectivity index is 1.47. The molecule has 1 aliphatic heterocycles. The smallest absolute Gasteiger partial charge is 0.230 e. The molecule has 1 N–H and O–H groups in total. The maximum Gasteiger partial charge on any atom is 0.230 e. The summed E-state index contributed by atoms with van der Waals surface area (Å²) >= 11 is 1.47. The molecule has 3 heterocycles. The largest absolute Gasteiger partial charge is 0.492 e. The molecule has 154 valence electrons. The summed E-state index contributed by atoms with van der Waals surface area (Å²) in [6.45, 7) is 4.74. The van der Waals surface area contributed by atoms with Crippen LogP contribution in [-0.2, 0) is 0 Å². The van der Waals surface area contributed by atoms with Gasteiger partial charge in [0.15, 0.2) is 0 Å². The molecule has 1 aliphatic rings. The average molecular weight is 424 g/mol. The minimum atomic E-state index is -0.191. The molecule has 4 aromatic rings. The molecule has 0 amide bonds. The second kappa shape index (κ2) is 7.70. The summed E-state index contributed by atoms with van der Waals surface area (Å²) in [7, 11) is 0. The van der Waals surface area contributed by atoms with Gasteiger partial charge >= 0.3 is 0 Å². The van der Waals surface area contributed by atoms with Crippen LogP contribution in [0.3, 0.4) is 0 Å². The maximum atomic E-state index is 14.2. The van der Waals surface area contributed by atoms with E-state index < -0.39 is 0 Å². The van der Waals surface area contributed by atoms with Gasteiger partial charge in [-0.2, -0.15) is 4.52 Å². The number of thiazole rings is 1. The van der Waals surface area contributed by atoms with Gasteiger partial charge in [0, 0.05) is 26.2 Å². The predicted molar refractivity (Wildman–Crippen MR) is 116 cm³/mol. The van der Waals surface area contributed by atoms with Crippen molar-refractivity contribution >= 4 is 22.0 Å². The maximum absolute atomic E-state index is 14.2. The number of aromatic nitrogens is 3. The van der Waals surface area contributed by atoms with Gasteiger partial charge in [0.25, 0.3) is 0 Å². The highest BCUT2D eigenvalue weighted by Crippen LogP contribution is 2.40. The van der Waals surface area contributed by atoms with Crippen molar-refractivity contribution in [1.82, 2.24) is 19.5 Å². The van der Waals surface area contributed by atoms with E-state index in [0.29, 0.717) is 29.6 Å². The van der Waals surface area contributed by atoms with Crippen LogP contribution in [0, 0.1) is 12.7 Å². The number of aryl methyl sites for hydroxylation is 1. The van der Waals surface area contributed by atoms with Crippen LogP contribution in [-0.4, -0.2) is 50.8 Å². The number of benzene rings is 2. The lowest BCUT2D eigenvalue weighted by molar-refractivity contribution is 0.210. The molecular weight excluding hydrogens is 401 g/mol. The van der Waals surface area contributed by atoms with Crippen LogP contribution in [0.5, 0.6) is 5.88 Å². The zero-order chi connectivity index (χ0) is 20.7. The number of aromatic hydroxyl groups is 1. The zero-order valence-electron chi connectivity index (χ0n) is 16.6. The lowest BCUT2D eigenvalue weighted by Crippen LogP contribution is -2.48. The normalized spacial score (nSPS) is 16.3. The van der Waals surface area contributed by atoms with E-state index in [0.717, 1.165) is 23.5 Å². The fourth-order valence-corrected chi connectivity index (χ4v) is 5.28. The van der Waals surface area contributed by atoms with Gasteiger partial charge in [-0.1, -0.05) is 53.8 Å². The Bertz CT molecular complexity index is 1170. The molecule has 30 heavy (non-hydrogen) atoms. The first-order valence-corrected chi connectivity index (χ1v) is 10.8. The number of para-hydroxylation sites is 1. The number of fused-ring (bicyclic) bond motifs is 1. The first-order chi connectivity index (χ1) is 14.6. The molecule has 1 fully saturated rings. The molecule has 0 saturated carbocycles. The molecule has 2 aromatic carbocycles. The molecule has 0 bridgehead atoms. The van der Waals surface area contributed by atoms with Crippen LogP contribution >= 0.6 is 11.3 Å². The molecule has 5 rings (SSSR count). The third-order valence-corrected chi connectivity index (χ3v) is 6.61. The lowest BCUT2D eigenvalue weighted by Gasteiger charge is -2.40. The number of hydrogen-bond donors (Lipinski definition) is 1. The van der Waals surface area contributed by atoms with Crippen molar-refractivity contribution in [2.24, 2.45) is 0 Å². The summed E-state index contributed by atoms with van der Waals surface area (Å²) in [5.74, 6) is 0.586. The van der Waals surface area contributed by atoms with Crippen LogP contribution in [0.15, 0.2) is 54.6 Å². The van der Waals surface area contributed by atoms with E-state index in [4.69, 9.17) is 0 Å². The molecular formula is C22H22FN5OS. The molecule has 1 atom stereocenters. The predicted octanol–water partition coefficient (Wildman–Crippen LogP) is 3.86. The second-order valence-electron chi connectivity index (χ2n) is 7.43. The minimum Gasteiger partial charge on any atom is -0.492 e. The molecule has 0 unspecified atom stereocenters. The number of anilines is 1. The SMILES string of the molecule is Cc1nc2sc([C@@H](c3ccccc3)N3CCN(c4ccccc4F)CC3)c(O)n2n1. The number of rotatable bonds is 4. The van der Waals surface area contributed by atoms with E-state index in [9.17, 15) is 9.50 Å². The van der Waals surface area contributed by atoms with E-state index >= 15 is 0 Å². The van der Waals surface area contributed by atoms with Gasteiger partial charge in [0.05, 0.1) is 16.6 Å². The molecule has 0 spiro atoms. The van der Waals surface area contributed by atoms with Crippen LogP contribution in [0.4, 0.5) is 10.1 Å². The third kappa shape index (κ3) is 3.32. The zero-order valence-corrected chi connectivity index (χ0v) is 17.4. The first-order valence-electron chi connectivity index (χ1n) is 9.95. The number of halogens is 1. The summed E-state index contributed by atoms with van der Waals surface area (Å²) in [6, 6.07) is 17.0. The van der Waals surface area contributed by atoms with E-state index in [1.54, 1.807) is 6.07 Å². The van der Waals surface area contributed by atoms with E-state index in [2.05, 4.69) is 32.0 Å². The van der Waals surface area contributed by atoms with Gasteiger partial charge in [0.1, 0.15) is 11.6 Å². The van der Waals surface area contributed by atoms with E-state index in [1.807, 2.05) is 37.3 Å². The summed E-state index contributed by atoms with van der Waals surface area (Å²) < 4.78 is 15.7. The van der Waals surface area contributed by atoms with Crippen molar-refractivity contribution in [3.63, 3.8) is 0 Å². The highest BCUT2D eigenvalue weighted by Gasteiger charge is 2.32. The molecule has 6 nitrogen and oxygen atoms in total. The Morgan fingerprint density at radius 2 is 1.70 bits per heavy atom. The van der Waals surface area contributed by atoms with Crippen molar-refractivity contribution in [3.05, 3.63) is 76.7 Å². The van der Waals surface area contributed by atoms with Crippen molar-refractivity contribution in [2.45, 2.75) is 13.0 Å². The van der Waals surface area contributed by atoms with Crippen LogP contribution in [0.25, 0.3) is 4.96 Å². The summed E-state index contributed by atoms with van der Waals surface area (Å²) in [6.07, 6.45) is 0. The van der Waals surface area contributed by atoms with Crippen molar-refractivity contribution in [2.75, 3.05) is 31.1 Å². The van der Waals surface area contributed by atoms with Crippen LogP contribution < -0.4 is 4.90 Å². The van der Waals surface area contributed by atoms with Gasteiger partial charge in [-0.3, -0.25) is 4.90 Å². The number of nitrogens with zero attached hydrogens (tertiary/aromatic N) is 5. The Morgan fingerprint density at radius 3 is 2.40 bits per heavy atom. The first kappa shape index (κ1) is 19.0. The fourth-order valence-electron chi connectivity index (χ4n) is 4.12. The van der Waals surface area contributed by atoms with E-state index in [1.165, 1.54) is 21.9 Å². The second-order valence-corrected chi connectivity index (χ2v) is 8.44. The third-order valence-electron chi connectivity index (χ3n) is 5.54. The average Bonchev–Trinajstić information content (AvgIpc) is 3.27. The van der Waals surface area contributed by atoms with Gasteiger partial charge in [0.2, 0.25) is 10.8 Å². The summed E-state index contributed by atoms with van der Waals surface area (Å²) in [5.41, 5.74) is 1.75. The molecule has 0 radical (unpaired) electrons. The van der Waals surface area contributed by atoms with Crippen molar-refractivity contribution < 1.29 is 9.50 Å². The monoisotopic (exact) mass is 423 g/mol. The number of piperazine rings is 1. The minimum absolute atomic E-state index is 0.109. The van der Waals surface area contributed by atoms with Gasteiger partial charge < -0.3 is 10.0 Å². The standard InChI is InChI=1S/C22H22FN5OS/c1-15-24-22-28(25-15)21(29)20(30-22)19(16-7-3-2-4-8-16)27-13-11-26(12-14-27)18-10-6-5-9-17(18)23/h2-10,19,29H,11-14H2,1H3/t19-/m1/s1. The molecule has 2 aromatic heterocycles. The highest BCUT2D eigenvalue weighted by molar-refractivity contribution is 7.17. The Kier molecular flexibility index (Phi) is 4.88. The number of hydrogen-bond acceptors (Lipinski definition) is 6. The Labute approximate surface area is 177 Å². The van der Waals surface area contributed by atoms with Crippen molar-refractivity contribution in [3.8, 4) is 5.88 Å². The quantitative estimate of drug-likeness (QED) is 0.540.